The maximum Gasteiger partial charge on any atom is 0.292 e. The highest BCUT2D eigenvalue weighted by atomic mass is 32.2. The lowest BCUT2D eigenvalue weighted by Gasteiger charge is -2.24. The van der Waals surface area contributed by atoms with E-state index in [0.29, 0.717) is 18.5 Å². The van der Waals surface area contributed by atoms with Crippen LogP contribution in [0.1, 0.15) is 26.7 Å². The molecular weight excluding hydrogens is 178 g/mol. The van der Waals surface area contributed by atoms with Crippen LogP contribution in [-0.4, -0.2) is 14.0 Å². The monoisotopic (exact) mass is 191 g/mol. The molecule has 0 aromatic heterocycles. The molecule has 0 saturated carbocycles. The second kappa shape index (κ2) is 2.74. The minimum atomic E-state index is -3.51. The van der Waals surface area contributed by atoms with Gasteiger partial charge in [0.2, 0.25) is 0 Å². The van der Waals surface area contributed by atoms with Crippen LogP contribution in [0.15, 0.2) is 11.1 Å². The van der Waals surface area contributed by atoms with Crippen LogP contribution in [0.5, 0.6) is 0 Å². The van der Waals surface area contributed by atoms with Gasteiger partial charge in [-0.1, -0.05) is 13.8 Å². The Kier molecular flexibility index (Phi) is 2.18. The summed E-state index contributed by atoms with van der Waals surface area (Å²) in [6.45, 7) is 3.70. The van der Waals surface area contributed by atoms with Crippen LogP contribution in [0, 0.1) is 0 Å². The van der Waals surface area contributed by atoms with Gasteiger partial charge in [-0.05, 0) is 12.8 Å². The van der Waals surface area contributed by atoms with Crippen molar-refractivity contribution in [3.8, 4) is 0 Å². The van der Waals surface area contributed by atoms with Gasteiger partial charge >= 0.3 is 0 Å². The van der Waals surface area contributed by atoms with Gasteiger partial charge in [0.15, 0.2) is 0 Å². The molecule has 0 bridgehead atoms. The molecule has 0 aromatic rings. The van der Waals surface area contributed by atoms with E-state index in [1.165, 1.54) is 0 Å². The number of hydrogen-bond donors (Lipinski definition) is 1. The van der Waals surface area contributed by atoms with Crippen LogP contribution in [0.4, 0.5) is 0 Å². The van der Waals surface area contributed by atoms with Crippen molar-refractivity contribution >= 4 is 10.1 Å². The molecule has 0 amide bonds. The Labute approximate surface area is 72.5 Å². The zero-order valence-electron chi connectivity index (χ0n) is 7.20. The highest BCUT2D eigenvalue weighted by Crippen LogP contribution is 2.34. The van der Waals surface area contributed by atoms with E-state index in [9.17, 15) is 8.42 Å². The lowest BCUT2D eigenvalue weighted by atomic mass is 9.95. The van der Waals surface area contributed by atoms with Crippen LogP contribution < -0.4 is 5.73 Å². The predicted molar refractivity (Wildman–Crippen MR) is 45.6 cm³/mol. The summed E-state index contributed by atoms with van der Waals surface area (Å²) in [6, 6.07) is 0. The first-order valence-electron chi connectivity index (χ1n) is 3.89. The van der Waals surface area contributed by atoms with E-state index in [1.807, 2.05) is 13.8 Å². The molecule has 1 rings (SSSR count). The summed E-state index contributed by atoms with van der Waals surface area (Å²) in [4.78, 5) is 0. The van der Waals surface area contributed by atoms with Crippen molar-refractivity contribution in [1.82, 2.24) is 0 Å². The molecule has 70 valence electrons. The van der Waals surface area contributed by atoms with Crippen LogP contribution in [0.2, 0.25) is 0 Å². The van der Waals surface area contributed by atoms with Crippen molar-refractivity contribution in [2.24, 2.45) is 5.73 Å². The first-order chi connectivity index (χ1) is 5.46. The third-order valence-corrected chi connectivity index (χ3v) is 3.31. The molecule has 0 saturated heterocycles. The quantitative estimate of drug-likeness (QED) is 0.652. The van der Waals surface area contributed by atoms with Crippen molar-refractivity contribution in [3.63, 3.8) is 0 Å². The fourth-order valence-corrected chi connectivity index (χ4v) is 2.68. The molecule has 1 aliphatic rings. The first-order valence-corrected chi connectivity index (χ1v) is 5.36. The van der Waals surface area contributed by atoms with Crippen molar-refractivity contribution in [3.05, 3.63) is 11.1 Å². The number of hydrogen-bond acceptors (Lipinski definition) is 4. The highest BCUT2D eigenvalue weighted by molar-refractivity contribution is 7.90. The van der Waals surface area contributed by atoms with Gasteiger partial charge in [0.1, 0.15) is 5.60 Å². The first kappa shape index (κ1) is 9.54. The molecular formula is C7H13NO3S. The normalized spacial score (nSPS) is 25.3. The van der Waals surface area contributed by atoms with E-state index in [-0.39, 0.29) is 0 Å². The van der Waals surface area contributed by atoms with Crippen LogP contribution >= 0.6 is 0 Å². The van der Waals surface area contributed by atoms with Gasteiger partial charge in [-0.15, -0.1) is 0 Å². The molecule has 2 N–H and O–H groups in total. The minimum absolute atomic E-state index is 0.313. The zero-order valence-corrected chi connectivity index (χ0v) is 8.02. The van der Waals surface area contributed by atoms with E-state index in [2.05, 4.69) is 0 Å². The highest BCUT2D eigenvalue weighted by Gasteiger charge is 2.41. The summed E-state index contributed by atoms with van der Waals surface area (Å²) < 4.78 is 26.9. The second-order valence-electron chi connectivity index (χ2n) is 2.85. The van der Waals surface area contributed by atoms with Gasteiger partial charge in [-0.3, -0.25) is 4.18 Å². The van der Waals surface area contributed by atoms with E-state index >= 15 is 0 Å². The largest absolute Gasteiger partial charge is 0.399 e. The zero-order chi connectivity index (χ0) is 9.41. The van der Waals surface area contributed by atoms with Gasteiger partial charge in [0, 0.05) is 0 Å². The molecule has 1 aliphatic heterocycles. The fraction of sp³-hybridized carbons (Fsp3) is 0.714. The molecule has 5 heteroatoms. The molecule has 0 fully saturated rings. The average molecular weight is 191 g/mol. The molecule has 0 atom stereocenters. The third kappa shape index (κ3) is 1.34. The van der Waals surface area contributed by atoms with E-state index in [1.54, 1.807) is 0 Å². The van der Waals surface area contributed by atoms with Gasteiger partial charge in [-0.2, -0.15) is 8.42 Å². The van der Waals surface area contributed by atoms with Gasteiger partial charge in [0.05, 0.1) is 11.1 Å². The van der Waals surface area contributed by atoms with Crippen LogP contribution in [0.25, 0.3) is 0 Å². The van der Waals surface area contributed by atoms with E-state index in [4.69, 9.17) is 9.92 Å². The van der Waals surface area contributed by atoms with Crippen LogP contribution in [0.3, 0.4) is 0 Å². The Morgan fingerprint density at radius 2 is 2.00 bits per heavy atom. The van der Waals surface area contributed by atoms with Crippen molar-refractivity contribution in [2.75, 3.05) is 0 Å². The molecule has 4 nitrogen and oxygen atoms in total. The van der Waals surface area contributed by atoms with E-state index < -0.39 is 15.7 Å². The fourth-order valence-electron chi connectivity index (χ4n) is 1.33. The summed E-state index contributed by atoms with van der Waals surface area (Å²) in [5.41, 5.74) is 5.10. The molecule has 0 aromatic carbocycles. The third-order valence-electron chi connectivity index (χ3n) is 2.22. The Hall–Kier alpha value is -0.550. The molecule has 0 aliphatic carbocycles. The number of rotatable bonds is 2. The van der Waals surface area contributed by atoms with Crippen molar-refractivity contribution in [1.29, 1.82) is 0 Å². The smallest absolute Gasteiger partial charge is 0.292 e. The lowest BCUT2D eigenvalue weighted by Crippen LogP contribution is -2.33. The predicted octanol–water partition coefficient (Wildman–Crippen LogP) is 0.705. The van der Waals surface area contributed by atoms with Gasteiger partial charge in [-0.25, -0.2) is 0 Å². The van der Waals surface area contributed by atoms with Crippen molar-refractivity contribution < 1.29 is 12.6 Å². The average Bonchev–Trinajstić information content (AvgIpc) is 2.21. The lowest BCUT2D eigenvalue weighted by molar-refractivity contribution is 0.117. The molecule has 0 unspecified atom stereocenters. The Balaban J connectivity index is 3.08. The molecule has 0 radical (unpaired) electrons. The Morgan fingerprint density at radius 1 is 1.50 bits per heavy atom. The SMILES string of the molecule is CCC1(CC)OS(=O)(=O)C=C1N. The number of nitrogens with two attached hydrogens (primary N) is 1. The van der Waals surface area contributed by atoms with Gasteiger partial charge in [0.25, 0.3) is 10.1 Å². The topological polar surface area (TPSA) is 69.4 Å². The maximum atomic E-state index is 11.0. The molecule has 1 heterocycles. The summed E-state index contributed by atoms with van der Waals surface area (Å²) in [5.74, 6) is 0. The van der Waals surface area contributed by atoms with Gasteiger partial charge < -0.3 is 5.73 Å². The molecule has 12 heavy (non-hydrogen) atoms. The maximum absolute atomic E-state index is 11.0. The summed E-state index contributed by atoms with van der Waals surface area (Å²) in [7, 11) is -3.51. The van der Waals surface area contributed by atoms with Crippen LogP contribution in [-0.2, 0) is 14.3 Å². The minimum Gasteiger partial charge on any atom is -0.399 e. The standard InChI is InChI=1S/C7H13NO3S/c1-3-7(4-2)6(8)5-12(9,10)11-7/h5H,3-4,8H2,1-2H3. The second-order valence-corrected chi connectivity index (χ2v) is 4.24. The van der Waals surface area contributed by atoms with E-state index in [0.717, 1.165) is 5.41 Å². The summed E-state index contributed by atoms with van der Waals surface area (Å²) >= 11 is 0. The van der Waals surface area contributed by atoms with Crippen molar-refractivity contribution in [2.45, 2.75) is 32.3 Å². The molecule has 0 spiro atoms. The summed E-state index contributed by atoms with van der Waals surface area (Å²) in [6.07, 6.45) is 1.15. The summed E-state index contributed by atoms with van der Waals surface area (Å²) in [5, 5.41) is 1.00. The Morgan fingerprint density at radius 3 is 2.17 bits per heavy atom. The Bertz CT molecular complexity index is 301.